The summed E-state index contributed by atoms with van der Waals surface area (Å²) in [7, 11) is 0. The minimum atomic E-state index is 0.581. The van der Waals surface area contributed by atoms with Crippen LogP contribution in [0.15, 0.2) is 47.1 Å². The van der Waals surface area contributed by atoms with Crippen LogP contribution in [-0.4, -0.2) is 16.6 Å². The van der Waals surface area contributed by atoms with Crippen molar-refractivity contribution in [3.8, 4) is 0 Å². The molecule has 0 aliphatic rings. The number of pyridine rings is 1. The highest BCUT2D eigenvalue weighted by Crippen LogP contribution is 2.17. The minimum absolute atomic E-state index is 0.581. The number of rotatable bonds is 4. The van der Waals surface area contributed by atoms with Gasteiger partial charge in [0.15, 0.2) is 5.11 Å². The largest absolute Gasteiger partial charge is 0.362 e. The number of nitrogens with one attached hydrogen (secondary N) is 2. The van der Waals surface area contributed by atoms with Gasteiger partial charge in [0.25, 0.3) is 0 Å². The number of aromatic nitrogens is 1. The van der Waals surface area contributed by atoms with E-state index in [1.807, 2.05) is 12.1 Å². The van der Waals surface area contributed by atoms with E-state index in [9.17, 15) is 0 Å². The molecule has 5 heteroatoms. The van der Waals surface area contributed by atoms with E-state index in [0.717, 1.165) is 23.3 Å². The Morgan fingerprint density at radius 3 is 2.90 bits per heavy atom. The first-order valence-electron chi connectivity index (χ1n) is 6.36. The first kappa shape index (κ1) is 14.9. The molecule has 2 rings (SSSR count). The van der Waals surface area contributed by atoms with E-state index < -0.39 is 0 Å². The van der Waals surface area contributed by atoms with Crippen molar-refractivity contribution in [2.75, 3.05) is 11.9 Å². The van der Waals surface area contributed by atoms with Crippen molar-refractivity contribution in [3.63, 3.8) is 0 Å². The lowest BCUT2D eigenvalue weighted by Gasteiger charge is -2.11. The van der Waals surface area contributed by atoms with E-state index in [2.05, 4.69) is 62.7 Å². The molecule has 0 atom stereocenters. The number of thiocarbonyl (C=S) groups is 1. The Morgan fingerprint density at radius 2 is 2.15 bits per heavy atom. The molecule has 0 spiro atoms. The van der Waals surface area contributed by atoms with Crippen molar-refractivity contribution in [2.45, 2.75) is 13.3 Å². The number of benzene rings is 1. The van der Waals surface area contributed by atoms with Crippen molar-refractivity contribution >= 4 is 39.1 Å². The van der Waals surface area contributed by atoms with Gasteiger partial charge in [-0.25, -0.2) is 4.98 Å². The molecular weight excluding hydrogens is 334 g/mol. The lowest BCUT2D eigenvalue weighted by molar-refractivity contribution is 0.872. The van der Waals surface area contributed by atoms with Crippen LogP contribution in [0.25, 0.3) is 0 Å². The van der Waals surface area contributed by atoms with Gasteiger partial charge in [0.1, 0.15) is 5.82 Å². The van der Waals surface area contributed by atoms with Crippen LogP contribution in [0.4, 0.5) is 5.82 Å². The van der Waals surface area contributed by atoms with E-state index in [1.54, 1.807) is 6.20 Å². The number of aryl methyl sites for hydroxylation is 1. The van der Waals surface area contributed by atoms with Crippen molar-refractivity contribution in [1.29, 1.82) is 0 Å². The van der Waals surface area contributed by atoms with Crippen molar-refractivity contribution in [1.82, 2.24) is 10.3 Å². The van der Waals surface area contributed by atoms with Gasteiger partial charge in [-0.3, -0.25) is 0 Å². The van der Waals surface area contributed by atoms with Crippen LogP contribution in [0, 0.1) is 6.92 Å². The lowest BCUT2D eigenvalue weighted by Crippen LogP contribution is -2.30. The molecule has 2 N–H and O–H groups in total. The lowest BCUT2D eigenvalue weighted by atomic mass is 10.1. The van der Waals surface area contributed by atoms with Gasteiger partial charge < -0.3 is 10.6 Å². The molecule has 1 heterocycles. The predicted octanol–water partition coefficient (Wildman–Crippen LogP) is 3.68. The molecule has 0 aliphatic carbocycles. The zero-order valence-corrected chi connectivity index (χ0v) is 13.6. The van der Waals surface area contributed by atoms with Crippen molar-refractivity contribution in [2.24, 2.45) is 0 Å². The summed E-state index contributed by atoms with van der Waals surface area (Å²) >= 11 is 8.68. The molecule has 104 valence electrons. The third kappa shape index (κ3) is 4.58. The zero-order chi connectivity index (χ0) is 14.4. The van der Waals surface area contributed by atoms with Crippen LogP contribution in [0.3, 0.4) is 0 Å². The second-order valence-corrected chi connectivity index (χ2v) is 5.72. The van der Waals surface area contributed by atoms with Gasteiger partial charge in [0.05, 0.1) is 4.47 Å². The Morgan fingerprint density at radius 1 is 1.30 bits per heavy atom. The zero-order valence-electron chi connectivity index (χ0n) is 11.2. The van der Waals surface area contributed by atoms with E-state index in [-0.39, 0.29) is 0 Å². The summed E-state index contributed by atoms with van der Waals surface area (Å²) in [6.07, 6.45) is 2.66. The predicted molar refractivity (Wildman–Crippen MR) is 91.0 cm³/mol. The van der Waals surface area contributed by atoms with Crippen molar-refractivity contribution < 1.29 is 0 Å². The third-order valence-corrected chi connectivity index (χ3v) is 3.66. The van der Waals surface area contributed by atoms with E-state index in [4.69, 9.17) is 12.2 Å². The molecule has 0 bridgehead atoms. The van der Waals surface area contributed by atoms with Crippen molar-refractivity contribution in [3.05, 3.63) is 58.2 Å². The number of hydrogen-bond acceptors (Lipinski definition) is 2. The normalized spacial score (nSPS) is 10.1. The van der Waals surface area contributed by atoms with Gasteiger partial charge in [-0.15, -0.1) is 0 Å². The van der Waals surface area contributed by atoms with E-state index in [1.165, 1.54) is 11.1 Å². The second-order valence-electron chi connectivity index (χ2n) is 4.45. The molecule has 0 unspecified atom stereocenters. The fourth-order valence-corrected chi connectivity index (χ4v) is 2.37. The second kappa shape index (κ2) is 7.36. The molecule has 0 radical (unpaired) electrons. The van der Waals surface area contributed by atoms with Gasteiger partial charge in [0, 0.05) is 12.7 Å². The molecule has 20 heavy (non-hydrogen) atoms. The maximum Gasteiger partial charge on any atom is 0.171 e. The molecule has 1 aromatic carbocycles. The molecule has 0 fully saturated rings. The van der Waals surface area contributed by atoms with Crippen LogP contribution in [0.1, 0.15) is 11.1 Å². The highest BCUT2D eigenvalue weighted by atomic mass is 79.9. The van der Waals surface area contributed by atoms with Crippen LogP contribution in [0.5, 0.6) is 0 Å². The average Bonchev–Trinajstić information content (AvgIpc) is 2.41. The topological polar surface area (TPSA) is 37.0 Å². The Balaban J connectivity index is 1.80. The van der Waals surface area contributed by atoms with Gasteiger partial charge in [-0.05, 0) is 59.2 Å². The smallest absolute Gasteiger partial charge is 0.171 e. The molecule has 1 aromatic heterocycles. The summed E-state index contributed by atoms with van der Waals surface area (Å²) in [6.45, 7) is 2.89. The average molecular weight is 350 g/mol. The van der Waals surface area contributed by atoms with Gasteiger partial charge >= 0.3 is 0 Å². The maximum absolute atomic E-state index is 5.25. The van der Waals surface area contributed by atoms with E-state index in [0.29, 0.717) is 5.11 Å². The molecule has 0 saturated carbocycles. The number of halogens is 1. The van der Waals surface area contributed by atoms with Crippen LogP contribution in [-0.2, 0) is 6.42 Å². The Hall–Kier alpha value is -1.46. The van der Waals surface area contributed by atoms with Gasteiger partial charge in [-0.2, -0.15) is 0 Å². The summed E-state index contributed by atoms with van der Waals surface area (Å²) in [5, 5.41) is 6.84. The first-order chi connectivity index (χ1) is 9.65. The molecule has 2 aromatic rings. The van der Waals surface area contributed by atoms with E-state index >= 15 is 0 Å². The fourth-order valence-electron chi connectivity index (χ4n) is 1.82. The van der Waals surface area contributed by atoms with Gasteiger partial charge in [-0.1, -0.05) is 29.8 Å². The Kier molecular flexibility index (Phi) is 5.49. The highest BCUT2D eigenvalue weighted by Gasteiger charge is 2.02. The highest BCUT2D eigenvalue weighted by molar-refractivity contribution is 9.10. The summed E-state index contributed by atoms with van der Waals surface area (Å²) in [6, 6.07) is 12.3. The molecule has 3 nitrogen and oxygen atoms in total. The number of hydrogen-bond donors (Lipinski definition) is 2. The standard InChI is InChI=1S/C15H16BrN3S/c1-11-4-2-5-12(10-11)7-9-18-15(20)19-14-13(16)6-3-8-17-14/h2-6,8,10H,7,9H2,1H3,(H2,17,18,19,20). The summed E-state index contributed by atoms with van der Waals surface area (Å²) in [5.41, 5.74) is 2.58. The maximum atomic E-state index is 5.25. The molecule has 0 amide bonds. The Bertz CT molecular complexity index is 601. The number of anilines is 1. The fraction of sp³-hybridized carbons (Fsp3) is 0.200. The summed E-state index contributed by atoms with van der Waals surface area (Å²) in [4.78, 5) is 4.21. The quantitative estimate of drug-likeness (QED) is 0.825. The minimum Gasteiger partial charge on any atom is -0.362 e. The molecular formula is C15H16BrN3S. The monoisotopic (exact) mass is 349 g/mol. The SMILES string of the molecule is Cc1cccc(CCNC(=S)Nc2ncccc2Br)c1. The van der Waals surface area contributed by atoms with Crippen LogP contribution >= 0.6 is 28.1 Å². The van der Waals surface area contributed by atoms with Crippen LogP contribution < -0.4 is 10.6 Å². The molecule has 0 aliphatic heterocycles. The molecule has 0 saturated heterocycles. The summed E-state index contributed by atoms with van der Waals surface area (Å²) < 4.78 is 0.892. The Labute approximate surface area is 132 Å². The van der Waals surface area contributed by atoms with Crippen LogP contribution in [0.2, 0.25) is 0 Å². The third-order valence-electron chi connectivity index (χ3n) is 2.77. The number of nitrogens with zero attached hydrogens (tertiary/aromatic N) is 1. The van der Waals surface area contributed by atoms with Gasteiger partial charge in [0.2, 0.25) is 0 Å². The first-order valence-corrected chi connectivity index (χ1v) is 7.56. The summed E-state index contributed by atoms with van der Waals surface area (Å²) in [5.74, 6) is 0.723.